The Labute approximate surface area is 103 Å². The van der Waals surface area contributed by atoms with Gasteiger partial charge in [-0.05, 0) is 48.8 Å². The van der Waals surface area contributed by atoms with Crippen LogP contribution in [0, 0.1) is 0 Å². The second kappa shape index (κ2) is 5.58. The van der Waals surface area contributed by atoms with E-state index in [-0.39, 0.29) is 0 Å². The summed E-state index contributed by atoms with van der Waals surface area (Å²) in [6.07, 6.45) is 6.10. The Morgan fingerprint density at radius 3 is 3.00 bits per heavy atom. The van der Waals surface area contributed by atoms with Crippen LogP contribution < -0.4 is 4.74 Å². The first kappa shape index (κ1) is 11.8. The van der Waals surface area contributed by atoms with E-state index in [1.54, 1.807) is 7.11 Å². The van der Waals surface area contributed by atoms with E-state index in [0.29, 0.717) is 0 Å². The summed E-state index contributed by atoms with van der Waals surface area (Å²) in [6.45, 7) is 0. The van der Waals surface area contributed by atoms with E-state index in [4.69, 9.17) is 16.3 Å². The fraction of sp³-hybridized carbons (Fsp3) is 0.571. The van der Waals surface area contributed by atoms with E-state index < -0.39 is 0 Å². The van der Waals surface area contributed by atoms with Crippen molar-refractivity contribution in [3.05, 3.63) is 29.3 Å². The third-order valence-corrected chi connectivity index (χ3v) is 3.78. The standard InChI is InChI=1S/C14H19ClO/c1-16-14-7-4-6-12-11(5-2-3-10-15)8-9-13(12)14/h4,6-7,11H,2-3,5,8-10H2,1H3. The van der Waals surface area contributed by atoms with E-state index in [0.717, 1.165) is 24.0 Å². The lowest BCUT2D eigenvalue weighted by Gasteiger charge is -2.12. The number of fused-ring (bicyclic) bond motifs is 1. The maximum absolute atomic E-state index is 5.71. The lowest BCUT2D eigenvalue weighted by Crippen LogP contribution is -1.95. The molecule has 0 aliphatic heterocycles. The van der Waals surface area contributed by atoms with E-state index in [1.807, 2.05) is 0 Å². The topological polar surface area (TPSA) is 9.23 Å². The number of alkyl halides is 1. The lowest BCUT2D eigenvalue weighted by molar-refractivity contribution is 0.410. The summed E-state index contributed by atoms with van der Waals surface area (Å²) in [5.74, 6) is 2.59. The number of methoxy groups -OCH3 is 1. The van der Waals surface area contributed by atoms with Crippen LogP contribution in [0.5, 0.6) is 5.75 Å². The highest BCUT2D eigenvalue weighted by Crippen LogP contribution is 2.40. The van der Waals surface area contributed by atoms with Crippen molar-refractivity contribution >= 4 is 11.6 Å². The number of hydrogen-bond acceptors (Lipinski definition) is 1. The van der Waals surface area contributed by atoms with E-state index >= 15 is 0 Å². The first-order valence-electron chi connectivity index (χ1n) is 6.08. The second-order valence-corrected chi connectivity index (χ2v) is 4.83. The molecule has 0 amide bonds. The molecular weight excluding hydrogens is 220 g/mol. The molecule has 0 radical (unpaired) electrons. The molecule has 0 bridgehead atoms. The summed E-state index contributed by atoms with van der Waals surface area (Å²) >= 11 is 5.71. The quantitative estimate of drug-likeness (QED) is 0.554. The van der Waals surface area contributed by atoms with Gasteiger partial charge in [0.25, 0.3) is 0 Å². The third kappa shape index (κ3) is 2.35. The van der Waals surface area contributed by atoms with Crippen molar-refractivity contribution in [3.8, 4) is 5.75 Å². The van der Waals surface area contributed by atoms with Gasteiger partial charge < -0.3 is 4.74 Å². The van der Waals surface area contributed by atoms with Crippen LogP contribution in [0.1, 0.15) is 42.7 Å². The van der Waals surface area contributed by atoms with Gasteiger partial charge in [-0.15, -0.1) is 11.6 Å². The molecule has 1 aliphatic carbocycles. The number of halogens is 1. The smallest absolute Gasteiger partial charge is 0.122 e. The number of benzene rings is 1. The van der Waals surface area contributed by atoms with E-state index in [2.05, 4.69) is 18.2 Å². The van der Waals surface area contributed by atoms with Gasteiger partial charge in [0, 0.05) is 5.88 Å². The molecule has 0 saturated carbocycles. The molecule has 0 spiro atoms. The maximum Gasteiger partial charge on any atom is 0.122 e. The van der Waals surface area contributed by atoms with Crippen molar-refractivity contribution in [3.63, 3.8) is 0 Å². The Morgan fingerprint density at radius 2 is 2.25 bits per heavy atom. The first-order chi connectivity index (χ1) is 7.86. The third-order valence-electron chi connectivity index (χ3n) is 3.51. The number of ether oxygens (including phenoxy) is 1. The summed E-state index contributed by atoms with van der Waals surface area (Å²) in [6, 6.07) is 6.44. The van der Waals surface area contributed by atoms with Crippen molar-refractivity contribution in [2.24, 2.45) is 0 Å². The van der Waals surface area contributed by atoms with Gasteiger partial charge in [-0.1, -0.05) is 18.6 Å². The van der Waals surface area contributed by atoms with Crippen LogP contribution in [0.15, 0.2) is 18.2 Å². The van der Waals surface area contributed by atoms with Gasteiger partial charge in [-0.2, -0.15) is 0 Å². The summed E-state index contributed by atoms with van der Waals surface area (Å²) in [4.78, 5) is 0. The minimum atomic E-state index is 0.730. The van der Waals surface area contributed by atoms with Crippen LogP contribution in [-0.2, 0) is 6.42 Å². The fourth-order valence-electron chi connectivity index (χ4n) is 2.68. The summed E-state index contributed by atoms with van der Waals surface area (Å²) in [7, 11) is 1.76. The predicted octanol–water partition coefficient (Wildman–Crippen LogP) is 4.13. The molecule has 0 heterocycles. The molecule has 1 unspecified atom stereocenters. The Balaban J connectivity index is 2.08. The van der Waals surface area contributed by atoms with Gasteiger partial charge in [0.1, 0.15) is 5.75 Å². The van der Waals surface area contributed by atoms with Crippen molar-refractivity contribution in [1.29, 1.82) is 0 Å². The Kier molecular flexibility index (Phi) is 4.11. The average Bonchev–Trinajstić information content (AvgIpc) is 2.73. The molecule has 0 fully saturated rings. The van der Waals surface area contributed by atoms with Gasteiger partial charge in [0.15, 0.2) is 0 Å². The highest BCUT2D eigenvalue weighted by Gasteiger charge is 2.24. The maximum atomic E-state index is 5.71. The molecule has 2 rings (SSSR count). The van der Waals surface area contributed by atoms with Crippen molar-refractivity contribution in [2.45, 2.75) is 38.0 Å². The first-order valence-corrected chi connectivity index (χ1v) is 6.62. The van der Waals surface area contributed by atoms with E-state index in [9.17, 15) is 0 Å². The minimum absolute atomic E-state index is 0.730. The number of rotatable bonds is 5. The normalized spacial score (nSPS) is 18.5. The van der Waals surface area contributed by atoms with Crippen LogP contribution in [0.25, 0.3) is 0 Å². The van der Waals surface area contributed by atoms with Crippen LogP contribution in [-0.4, -0.2) is 13.0 Å². The highest BCUT2D eigenvalue weighted by atomic mass is 35.5. The molecule has 1 aromatic rings. The van der Waals surface area contributed by atoms with Crippen molar-refractivity contribution in [2.75, 3.05) is 13.0 Å². The molecule has 88 valence electrons. The summed E-state index contributed by atoms with van der Waals surface area (Å²) in [5, 5.41) is 0. The van der Waals surface area contributed by atoms with Crippen LogP contribution >= 0.6 is 11.6 Å². The molecule has 1 aromatic carbocycles. The second-order valence-electron chi connectivity index (χ2n) is 4.45. The van der Waals surface area contributed by atoms with Gasteiger partial charge >= 0.3 is 0 Å². The lowest BCUT2D eigenvalue weighted by atomic mass is 9.95. The Hall–Kier alpha value is -0.690. The Bertz CT molecular complexity index is 349. The van der Waals surface area contributed by atoms with E-state index in [1.165, 1.54) is 36.8 Å². The zero-order valence-corrected chi connectivity index (χ0v) is 10.6. The largest absolute Gasteiger partial charge is 0.496 e. The Morgan fingerprint density at radius 1 is 1.38 bits per heavy atom. The van der Waals surface area contributed by atoms with Crippen LogP contribution in [0.2, 0.25) is 0 Å². The molecule has 0 aromatic heterocycles. The zero-order valence-electron chi connectivity index (χ0n) is 9.84. The fourth-order valence-corrected chi connectivity index (χ4v) is 2.87. The van der Waals surface area contributed by atoms with Gasteiger partial charge in [-0.3, -0.25) is 0 Å². The van der Waals surface area contributed by atoms with Gasteiger partial charge in [-0.25, -0.2) is 0 Å². The molecule has 2 heteroatoms. The number of hydrogen-bond donors (Lipinski definition) is 0. The minimum Gasteiger partial charge on any atom is -0.496 e. The van der Waals surface area contributed by atoms with Crippen LogP contribution in [0.3, 0.4) is 0 Å². The molecular formula is C14H19ClO. The molecule has 1 aliphatic rings. The predicted molar refractivity (Wildman–Crippen MR) is 68.6 cm³/mol. The van der Waals surface area contributed by atoms with Gasteiger partial charge in [0.05, 0.1) is 7.11 Å². The summed E-state index contributed by atoms with van der Waals surface area (Å²) < 4.78 is 5.41. The molecule has 0 saturated heterocycles. The SMILES string of the molecule is COc1cccc2c1CCC2CCCCCl. The van der Waals surface area contributed by atoms with Crippen molar-refractivity contribution < 1.29 is 4.74 Å². The molecule has 1 nitrogen and oxygen atoms in total. The molecule has 1 atom stereocenters. The highest BCUT2D eigenvalue weighted by molar-refractivity contribution is 6.17. The molecule has 16 heavy (non-hydrogen) atoms. The monoisotopic (exact) mass is 238 g/mol. The molecule has 0 N–H and O–H groups in total. The summed E-state index contributed by atoms with van der Waals surface area (Å²) in [5.41, 5.74) is 2.94. The van der Waals surface area contributed by atoms with Crippen molar-refractivity contribution in [1.82, 2.24) is 0 Å². The average molecular weight is 239 g/mol. The number of unbranched alkanes of at least 4 members (excludes halogenated alkanes) is 1. The zero-order chi connectivity index (χ0) is 11.4. The van der Waals surface area contributed by atoms with Gasteiger partial charge in [0.2, 0.25) is 0 Å². The van der Waals surface area contributed by atoms with Crippen LogP contribution in [0.4, 0.5) is 0 Å².